The highest BCUT2D eigenvalue weighted by atomic mass is 16.9. The molecule has 0 rings (SSSR count). The van der Waals surface area contributed by atoms with Crippen LogP contribution in [0.1, 0.15) is 13.3 Å². The van der Waals surface area contributed by atoms with Gasteiger partial charge in [-0.1, -0.05) is 12.6 Å². The predicted molar refractivity (Wildman–Crippen MR) is 26.4 cm³/mol. The maximum atomic E-state index is 4.66. The van der Waals surface area contributed by atoms with Gasteiger partial charge in [0.2, 0.25) is 0 Å². The van der Waals surface area contributed by atoms with E-state index in [2.05, 4.69) is 15.3 Å². The van der Waals surface area contributed by atoms with Crippen molar-refractivity contribution in [3.8, 4) is 0 Å². The van der Waals surface area contributed by atoms with Gasteiger partial charge in [0.1, 0.15) is 0 Å². The summed E-state index contributed by atoms with van der Waals surface area (Å²) in [5.74, 6) is 0. The van der Waals surface area contributed by atoms with Crippen molar-refractivity contribution in [2.45, 2.75) is 13.3 Å². The van der Waals surface area contributed by atoms with E-state index in [-0.39, 0.29) is 0 Å². The van der Waals surface area contributed by atoms with Crippen molar-refractivity contribution in [1.82, 2.24) is 5.64 Å². The van der Waals surface area contributed by atoms with Crippen LogP contribution in [-0.4, -0.2) is 13.7 Å². The zero-order valence-electron chi connectivity index (χ0n) is 4.73. The van der Waals surface area contributed by atoms with Crippen molar-refractivity contribution in [3.05, 3.63) is 0 Å². The normalized spacial score (nSPS) is 9.43. The van der Waals surface area contributed by atoms with E-state index in [0.717, 1.165) is 6.42 Å². The van der Waals surface area contributed by atoms with Gasteiger partial charge in [-0.15, -0.1) is 0 Å². The third kappa shape index (κ3) is 5.88. The van der Waals surface area contributed by atoms with Crippen molar-refractivity contribution in [1.29, 1.82) is 0 Å². The zero-order chi connectivity index (χ0) is 5.54. The average molecular weight is 105 g/mol. The fraction of sp³-hybridized carbons (Fsp3) is 1.00. The van der Waals surface area contributed by atoms with Gasteiger partial charge < -0.3 is 0 Å². The van der Waals surface area contributed by atoms with E-state index in [1.54, 1.807) is 0 Å². The number of hydrogen-bond acceptors (Lipinski definition) is 3. The number of nitrogens with one attached hydrogen (secondary N) is 1. The fourth-order valence-electron chi connectivity index (χ4n) is 0.203. The van der Waals surface area contributed by atoms with Gasteiger partial charge >= 0.3 is 0 Å². The molecule has 0 unspecified atom stereocenters. The topological polar surface area (TPSA) is 30.5 Å². The first-order chi connectivity index (χ1) is 3.41. The third-order valence-electron chi connectivity index (χ3n) is 0.448. The Morgan fingerprint density at radius 3 is 2.71 bits per heavy atom. The molecular weight excluding hydrogens is 94.0 g/mol. The molecule has 0 aliphatic carbocycles. The molecule has 0 aromatic heterocycles. The van der Waals surface area contributed by atoms with Crippen molar-refractivity contribution in [2.24, 2.45) is 0 Å². The largest absolute Gasteiger partial charge is 0.280 e. The van der Waals surface area contributed by atoms with Crippen LogP contribution < -0.4 is 5.64 Å². The molecule has 0 aromatic carbocycles. The lowest BCUT2D eigenvalue weighted by Crippen LogP contribution is -2.12. The Morgan fingerprint density at radius 1 is 1.57 bits per heavy atom. The maximum absolute atomic E-state index is 4.66. The average Bonchev–Trinajstić information content (AvgIpc) is 1.69. The molecule has 0 amide bonds. The fourth-order valence-corrected chi connectivity index (χ4v) is 0.203. The molecule has 0 aliphatic rings. The maximum Gasteiger partial charge on any atom is 0.0706 e. The smallest absolute Gasteiger partial charge is 0.0706 e. The summed E-state index contributed by atoms with van der Waals surface area (Å²) < 4.78 is 0. The molecule has 0 atom stereocenters. The van der Waals surface area contributed by atoms with Gasteiger partial charge in [-0.25, -0.2) is 0 Å². The molecule has 3 nitrogen and oxygen atoms in total. The Labute approximate surface area is 43.5 Å². The molecule has 0 spiro atoms. The van der Waals surface area contributed by atoms with Crippen LogP contribution in [0, 0.1) is 0 Å². The van der Waals surface area contributed by atoms with Crippen LogP contribution in [-0.2, 0) is 9.68 Å². The molecule has 0 saturated carbocycles. The number of hydrogen-bond donors (Lipinski definition) is 1. The van der Waals surface area contributed by atoms with Gasteiger partial charge in [0.15, 0.2) is 0 Å². The Morgan fingerprint density at radius 2 is 2.29 bits per heavy atom. The van der Waals surface area contributed by atoms with Crippen LogP contribution in [0.25, 0.3) is 0 Å². The van der Waals surface area contributed by atoms with Gasteiger partial charge in [0.05, 0.1) is 13.7 Å². The van der Waals surface area contributed by atoms with Crippen LogP contribution in [0.15, 0.2) is 0 Å². The third-order valence-corrected chi connectivity index (χ3v) is 0.448. The molecule has 1 N–H and O–H groups in total. The molecule has 0 aromatic rings. The molecule has 0 fully saturated rings. The Balaban J connectivity index is 2.45. The van der Waals surface area contributed by atoms with Crippen LogP contribution in [0.3, 0.4) is 0 Å². The molecule has 0 aliphatic heterocycles. The highest BCUT2D eigenvalue weighted by molar-refractivity contribution is 4.14. The SMILES string of the molecule is CCCONOC. The first-order valence-electron chi connectivity index (χ1n) is 2.31. The summed E-state index contributed by atoms with van der Waals surface area (Å²) in [7, 11) is 1.51. The summed E-state index contributed by atoms with van der Waals surface area (Å²) in [6, 6.07) is 0. The number of rotatable bonds is 4. The van der Waals surface area contributed by atoms with E-state index in [4.69, 9.17) is 0 Å². The predicted octanol–water partition coefficient (Wildman–Crippen LogP) is 0.479. The van der Waals surface area contributed by atoms with Crippen molar-refractivity contribution in [3.63, 3.8) is 0 Å². The minimum Gasteiger partial charge on any atom is -0.280 e. The second-order valence-corrected chi connectivity index (χ2v) is 1.14. The first kappa shape index (κ1) is 6.88. The van der Waals surface area contributed by atoms with E-state index in [9.17, 15) is 0 Å². The summed E-state index contributed by atoms with van der Waals surface area (Å²) >= 11 is 0. The molecule has 0 heterocycles. The lowest BCUT2D eigenvalue weighted by Gasteiger charge is -1.97. The second kappa shape index (κ2) is 5.88. The summed E-state index contributed by atoms with van der Waals surface area (Å²) in [5, 5.41) is 0. The monoisotopic (exact) mass is 105 g/mol. The lowest BCUT2D eigenvalue weighted by atomic mass is 10.5. The van der Waals surface area contributed by atoms with Gasteiger partial charge in [0, 0.05) is 0 Å². The summed E-state index contributed by atoms with van der Waals surface area (Å²) in [5.41, 5.74) is 2.25. The van der Waals surface area contributed by atoms with Crippen molar-refractivity contribution >= 4 is 0 Å². The first-order valence-corrected chi connectivity index (χ1v) is 2.31. The van der Waals surface area contributed by atoms with Crippen LogP contribution in [0.5, 0.6) is 0 Å². The molecule has 0 bridgehead atoms. The Kier molecular flexibility index (Phi) is 5.78. The van der Waals surface area contributed by atoms with E-state index in [0.29, 0.717) is 6.61 Å². The van der Waals surface area contributed by atoms with Gasteiger partial charge in [-0.2, -0.15) is 0 Å². The molecule has 0 saturated heterocycles. The molecule has 3 heteroatoms. The van der Waals surface area contributed by atoms with Crippen molar-refractivity contribution < 1.29 is 9.68 Å². The standard InChI is InChI=1S/C4H11NO2/c1-3-4-7-5-6-2/h5H,3-4H2,1-2H3. The van der Waals surface area contributed by atoms with Gasteiger partial charge in [-0.3, -0.25) is 9.68 Å². The Hall–Kier alpha value is -0.120. The highest BCUT2D eigenvalue weighted by Crippen LogP contribution is 1.72. The zero-order valence-corrected chi connectivity index (χ0v) is 4.73. The lowest BCUT2D eigenvalue weighted by molar-refractivity contribution is -0.151. The summed E-state index contributed by atoms with van der Waals surface area (Å²) in [6.07, 6.45) is 0.996. The summed E-state index contributed by atoms with van der Waals surface area (Å²) in [6.45, 7) is 2.71. The molecular formula is C4H11NO2. The van der Waals surface area contributed by atoms with Crippen LogP contribution >= 0.6 is 0 Å². The summed E-state index contributed by atoms with van der Waals surface area (Å²) in [4.78, 5) is 9.03. The molecule has 7 heavy (non-hydrogen) atoms. The van der Waals surface area contributed by atoms with Gasteiger partial charge in [-0.05, 0) is 6.42 Å². The van der Waals surface area contributed by atoms with E-state index in [1.807, 2.05) is 6.92 Å². The Bertz CT molecular complexity index is 28.9. The van der Waals surface area contributed by atoms with Crippen LogP contribution in [0.2, 0.25) is 0 Å². The minimum atomic E-state index is 0.688. The van der Waals surface area contributed by atoms with E-state index in [1.165, 1.54) is 7.11 Å². The van der Waals surface area contributed by atoms with Crippen molar-refractivity contribution in [2.75, 3.05) is 13.7 Å². The van der Waals surface area contributed by atoms with Gasteiger partial charge in [0.25, 0.3) is 0 Å². The van der Waals surface area contributed by atoms with Crippen LogP contribution in [0.4, 0.5) is 0 Å². The highest BCUT2D eigenvalue weighted by Gasteiger charge is 1.76. The van der Waals surface area contributed by atoms with E-state index < -0.39 is 0 Å². The van der Waals surface area contributed by atoms with E-state index >= 15 is 0 Å². The second-order valence-electron chi connectivity index (χ2n) is 1.14. The quantitative estimate of drug-likeness (QED) is 0.416. The molecule has 0 radical (unpaired) electrons. The minimum absolute atomic E-state index is 0.688. The molecule has 44 valence electrons.